The van der Waals surface area contributed by atoms with Gasteiger partial charge in [-0.25, -0.2) is 13.6 Å². The third-order valence-electron chi connectivity index (χ3n) is 5.58. The molecule has 1 fully saturated rings. The number of aliphatic hydroxyl groups excluding tert-OH is 1. The highest BCUT2D eigenvalue weighted by molar-refractivity contribution is 6.34. The van der Waals surface area contributed by atoms with Crippen LogP contribution in [-0.2, 0) is 6.61 Å². The number of para-hydroxylation sites is 1. The van der Waals surface area contributed by atoms with Crippen LogP contribution in [0.1, 0.15) is 41.5 Å². The summed E-state index contributed by atoms with van der Waals surface area (Å²) in [5.41, 5.74) is -2.61. The normalized spacial score (nSPS) is 14.0. The Bertz CT molecular complexity index is 1350. The fourth-order valence-corrected chi connectivity index (χ4v) is 3.87. The Morgan fingerprint density at radius 1 is 1.22 bits per heavy atom. The molecule has 14 heteroatoms. The van der Waals surface area contributed by atoms with Crippen LogP contribution in [0.4, 0.5) is 27.6 Å². The van der Waals surface area contributed by atoms with E-state index in [0.29, 0.717) is 29.7 Å². The van der Waals surface area contributed by atoms with Gasteiger partial charge in [0, 0.05) is 12.1 Å². The Morgan fingerprint density at radius 2 is 1.94 bits per heavy atom. The van der Waals surface area contributed by atoms with E-state index in [1.165, 1.54) is 16.7 Å². The predicted molar refractivity (Wildman–Crippen MR) is 118 cm³/mol. The molecule has 0 aliphatic heterocycles. The lowest BCUT2D eigenvalue weighted by molar-refractivity contribution is -0.153. The number of hydrogen-bond acceptors (Lipinski definition) is 5. The van der Waals surface area contributed by atoms with Gasteiger partial charge in [-0.2, -0.15) is 17.9 Å². The first kappa shape index (κ1) is 25.6. The van der Waals surface area contributed by atoms with Gasteiger partial charge in [-0.05, 0) is 37.5 Å². The maximum Gasteiger partial charge on any atom is 0.422 e. The molecule has 1 heterocycles. The summed E-state index contributed by atoms with van der Waals surface area (Å²) >= 11 is 5.87. The van der Waals surface area contributed by atoms with E-state index < -0.39 is 65.3 Å². The summed E-state index contributed by atoms with van der Waals surface area (Å²) in [4.78, 5) is 25.7. The number of carbonyl (C=O) groups excluding carboxylic acids is 1. The standard InChI is InChI=1S/C22H18ClF5N4O4/c23-13-5-2-6-14(24)19(13)29-20(34)12-7-15(25)16(8-17(12)36-10-22(26,27)28)32-21(35)31(11-3-1-4-11)18(9-33)30-32/h2,5-8,11,33H,1,3-4,9-10H2,(H,29,34). The van der Waals surface area contributed by atoms with Crippen LogP contribution in [0.5, 0.6) is 5.75 Å². The van der Waals surface area contributed by atoms with Crippen molar-refractivity contribution in [3.05, 3.63) is 68.9 Å². The van der Waals surface area contributed by atoms with Gasteiger partial charge in [-0.3, -0.25) is 9.36 Å². The van der Waals surface area contributed by atoms with E-state index in [4.69, 9.17) is 16.3 Å². The van der Waals surface area contributed by atoms with Crippen molar-refractivity contribution in [1.29, 1.82) is 0 Å². The van der Waals surface area contributed by atoms with Gasteiger partial charge in [-0.1, -0.05) is 17.7 Å². The third-order valence-corrected chi connectivity index (χ3v) is 5.89. The fourth-order valence-electron chi connectivity index (χ4n) is 3.65. The molecule has 4 rings (SSSR count). The highest BCUT2D eigenvalue weighted by Crippen LogP contribution is 2.33. The summed E-state index contributed by atoms with van der Waals surface area (Å²) in [7, 11) is 0. The van der Waals surface area contributed by atoms with Gasteiger partial charge < -0.3 is 15.2 Å². The summed E-state index contributed by atoms with van der Waals surface area (Å²) < 4.78 is 74.3. The van der Waals surface area contributed by atoms with E-state index in [1.54, 1.807) is 0 Å². The molecular formula is C22H18ClF5N4O4. The average Bonchev–Trinajstić information content (AvgIpc) is 3.09. The highest BCUT2D eigenvalue weighted by atomic mass is 35.5. The van der Waals surface area contributed by atoms with Gasteiger partial charge in [-0.15, -0.1) is 5.10 Å². The number of halogens is 6. The molecule has 1 aliphatic carbocycles. The fraction of sp³-hybridized carbons (Fsp3) is 0.318. The molecule has 192 valence electrons. The summed E-state index contributed by atoms with van der Waals surface area (Å²) in [6.07, 6.45) is -2.70. The summed E-state index contributed by atoms with van der Waals surface area (Å²) in [5.74, 6) is -4.16. The van der Waals surface area contributed by atoms with Crippen LogP contribution in [0.2, 0.25) is 5.02 Å². The van der Waals surface area contributed by atoms with E-state index in [1.807, 2.05) is 0 Å². The van der Waals surface area contributed by atoms with Crippen LogP contribution in [0.15, 0.2) is 35.1 Å². The lowest BCUT2D eigenvalue weighted by atomic mass is 9.93. The minimum atomic E-state index is -4.82. The first-order chi connectivity index (χ1) is 17.0. The van der Waals surface area contributed by atoms with Gasteiger partial charge >= 0.3 is 11.9 Å². The zero-order valence-electron chi connectivity index (χ0n) is 18.3. The van der Waals surface area contributed by atoms with Crippen molar-refractivity contribution in [2.75, 3.05) is 11.9 Å². The Morgan fingerprint density at radius 3 is 2.53 bits per heavy atom. The number of rotatable bonds is 7. The average molecular weight is 533 g/mol. The van der Waals surface area contributed by atoms with E-state index in [9.17, 15) is 32.3 Å². The molecule has 2 N–H and O–H groups in total. The van der Waals surface area contributed by atoms with Crippen molar-refractivity contribution in [1.82, 2.24) is 14.3 Å². The lowest BCUT2D eigenvalue weighted by Gasteiger charge is -2.26. The largest absolute Gasteiger partial charge is 0.483 e. The molecular weight excluding hydrogens is 515 g/mol. The van der Waals surface area contributed by atoms with Crippen molar-refractivity contribution in [3.63, 3.8) is 0 Å². The van der Waals surface area contributed by atoms with E-state index >= 15 is 4.39 Å². The Labute approximate surface area is 204 Å². The monoisotopic (exact) mass is 532 g/mol. The molecule has 1 aliphatic rings. The van der Waals surface area contributed by atoms with Crippen LogP contribution < -0.4 is 15.7 Å². The van der Waals surface area contributed by atoms with E-state index in [0.717, 1.165) is 12.5 Å². The molecule has 0 bridgehead atoms. The first-order valence-corrected chi connectivity index (χ1v) is 11.0. The lowest BCUT2D eigenvalue weighted by Crippen LogP contribution is -2.31. The minimum Gasteiger partial charge on any atom is -0.483 e. The van der Waals surface area contributed by atoms with Crippen LogP contribution in [0.3, 0.4) is 0 Å². The number of amides is 1. The van der Waals surface area contributed by atoms with E-state index in [2.05, 4.69) is 10.4 Å². The molecule has 0 atom stereocenters. The molecule has 0 spiro atoms. The molecule has 2 aromatic carbocycles. The molecule has 0 saturated heterocycles. The van der Waals surface area contributed by atoms with Gasteiger partial charge in [0.25, 0.3) is 5.91 Å². The number of carbonyl (C=O) groups is 1. The van der Waals surface area contributed by atoms with Crippen LogP contribution in [0.25, 0.3) is 5.69 Å². The maximum absolute atomic E-state index is 15.1. The molecule has 1 amide bonds. The zero-order valence-corrected chi connectivity index (χ0v) is 19.0. The van der Waals surface area contributed by atoms with Crippen molar-refractivity contribution >= 4 is 23.2 Å². The molecule has 0 radical (unpaired) electrons. The number of nitrogens with zero attached hydrogens (tertiary/aromatic N) is 3. The molecule has 0 unspecified atom stereocenters. The number of alkyl halides is 3. The zero-order chi connectivity index (χ0) is 26.2. The number of hydrogen-bond donors (Lipinski definition) is 2. The minimum absolute atomic E-state index is 0.0575. The van der Waals surface area contributed by atoms with Gasteiger partial charge in [0.2, 0.25) is 0 Å². The Hall–Kier alpha value is -3.45. The topological polar surface area (TPSA) is 98.4 Å². The summed E-state index contributed by atoms with van der Waals surface area (Å²) in [5, 5.41) is 15.4. The van der Waals surface area contributed by atoms with Crippen molar-refractivity contribution in [2.45, 2.75) is 38.1 Å². The van der Waals surface area contributed by atoms with Crippen LogP contribution in [-0.4, -0.2) is 38.1 Å². The van der Waals surface area contributed by atoms with Crippen molar-refractivity contribution in [3.8, 4) is 11.4 Å². The van der Waals surface area contributed by atoms with Crippen molar-refractivity contribution in [2.24, 2.45) is 0 Å². The number of ether oxygens (including phenoxy) is 1. The van der Waals surface area contributed by atoms with Crippen LogP contribution in [0, 0.1) is 11.6 Å². The second-order valence-corrected chi connectivity index (χ2v) is 8.39. The quantitative estimate of drug-likeness (QED) is 0.440. The Balaban J connectivity index is 1.79. The SMILES string of the molecule is O=C(Nc1c(F)cccc1Cl)c1cc(F)c(-n2nc(CO)n(C3CCC3)c2=O)cc1OCC(F)(F)F. The second kappa shape index (κ2) is 9.90. The smallest absolute Gasteiger partial charge is 0.422 e. The summed E-state index contributed by atoms with van der Waals surface area (Å²) in [6.45, 7) is -2.48. The number of anilines is 1. The molecule has 1 aromatic heterocycles. The van der Waals surface area contributed by atoms with Crippen molar-refractivity contribution < 1.29 is 36.6 Å². The third kappa shape index (κ3) is 5.07. The molecule has 8 nitrogen and oxygen atoms in total. The summed E-state index contributed by atoms with van der Waals surface area (Å²) in [6, 6.07) is 4.50. The molecule has 1 saturated carbocycles. The predicted octanol–water partition coefficient (Wildman–Crippen LogP) is 4.38. The molecule has 36 heavy (non-hydrogen) atoms. The number of benzene rings is 2. The second-order valence-electron chi connectivity index (χ2n) is 7.98. The van der Waals surface area contributed by atoms with Gasteiger partial charge in [0.1, 0.15) is 29.7 Å². The number of aromatic nitrogens is 3. The van der Waals surface area contributed by atoms with E-state index in [-0.39, 0.29) is 16.9 Å². The van der Waals surface area contributed by atoms with Gasteiger partial charge in [0.15, 0.2) is 12.4 Å². The van der Waals surface area contributed by atoms with Gasteiger partial charge in [0.05, 0.1) is 16.3 Å². The first-order valence-electron chi connectivity index (χ1n) is 10.6. The molecule has 3 aromatic rings. The highest BCUT2D eigenvalue weighted by Gasteiger charge is 2.31. The van der Waals surface area contributed by atoms with Crippen LogP contribution >= 0.6 is 11.6 Å². The number of nitrogens with one attached hydrogen (secondary N) is 1. The Kier molecular flexibility index (Phi) is 7.05. The number of aliphatic hydroxyl groups is 1. The maximum atomic E-state index is 15.1.